The molecular weight excluding hydrogens is 196 g/mol. The zero-order chi connectivity index (χ0) is 9.80. The Morgan fingerprint density at radius 2 is 2.43 bits per heavy atom. The van der Waals surface area contributed by atoms with Gasteiger partial charge in [-0.05, 0) is 12.8 Å². The number of hydrogen-bond donors (Lipinski definition) is 1. The molecule has 2 N–H and O–H groups in total. The van der Waals surface area contributed by atoms with Crippen LogP contribution >= 0.6 is 11.3 Å². The second-order valence-corrected chi connectivity index (χ2v) is 4.58. The fourth-order valence-corrected chi connectivity index (χ4v) is 2.34. The van der Waals surface area contributed by atoms with E-state index in [1.807, 2.05) is 0 Å². The van der Waals surface area contributed by atoms with Crippen molar-refractivity contribution in [2.45, 2.75) is 31.8 Å². The van der Waals surface area contributed by atoms with Crippen molar-refractivity contribution < 1.29 is 4.74 Å². The fourth-order valence-electron chi connectivity index (χ4n) is 1.53. The average molecular weight is 212 g/mol. The highest BCUT2D eigenvalue weighted by Gasteiger charge is 2.21. The van der Waals surface area contributed by atoms with Gasteiger partial charge in [0, 0.05) is 17.8 Å². The van der Waals surface area contributed by atoms with Gasteiger partial charge >= 0.3 is 0 Å². The van der Waals surface area contributed by atoms with Crippen LogP contribution in [0.1, 0.15) is 35.9 Å². The van der Waals surface area contributed by atoms with Gasteiger partial charge in [-0.15, -0.1) is 11.3 Å². The van der Waals surface area contributed by atoms with E-state index in [9.17, 15) is 0 Å². The van der Waals surface area contributed by atoms with Crippen LogP contribution in [-0.4, -0.2) is 18.1 Å². The van der Waals surface area contributed by atoms with E-state index in [1.165, 1.54) is 25.0 Å². The van der Waals surface area contributed by atoms with Crippen molar-refractivity contribution in [2.75, 3.05) is 13.2 Å². The van der Waals surface area contributed by atoms with Crippen molar-refractivity contribution in [3.63, 3.8) is 0 Å². The lowest BCUT2D eigenvalue weighted by Crippen LogP contribution is -2.10. The summed E-state index contributed by atoms with van der Waals surface area (Å²) in [7, 11) is 0. The van der Waals surface area contributed by atoms with Crippen LogP contribution in [0.25, 0.3) is 0 Å². The number of rotatable bonds is 5. The standard InChI is InChI=1S/C10H16N2OS/c11-4-5-13-6-10-12-9(7-14-10)8-2-1-3-8/h7-8H,1-6,11H2. The molecule has 2 rings (SSSR count). The molecule has 14 heavy (non-hydrogen) atoms. The molecule has 0 unspecified atom stereocenters. The molecule has 1 aromatic heterocycles. The summed E-state index contributed by atoms with van der Waals surface area (Å²) in [6.45, 7) is 1.83. The summed E-state index contributed by atoms with van der Waals surface area (Å²) in [6.07, 6.45) is 3.99. The van der Waals surface area contributed by atoms with Gasteiger partial charge in [0.05, 0.1) is 18.9 Å². The lowest BCUT2D eigenvalue weighted by molar-refractivity contribution is 0.128. The molecule has 0 radical (unpaired) electrons. The maximum absolute atomic E-state index is 5.34. The highest BCUT2D eigenvalue weighted by atomic mass is 32.1. The lowest BCUT2D eigenvalue weighted by atomic mass is 9.83. The molecule has 3 nitrogen and oxygen atoms in total. The number of nitrogens with zero attached hydrogens (tertiary/aromatic N) is 1. The molecule has 1 aliphatic carbocycles. The van der Waals surface area contributed by atoms with Crippen LogP contribution in [-0.2, 0) is 11.3 Å². The zero-order valence-corrected chi connectivity index (χ0v) is 9.05. The van der Waals surface area contributed by atoms with Crippen molar-refractivity contribution >= 4 is 11.3 Å². The lowest BCUT2D eigenvalue weighted by Gasteiger charge is -2.22. The molecular formula is C10H16N2OS. The van der Waals surface area contributed by atoms with Gasteiger partial charge in [-0.1, -0.05) is 6.42 Å². The summed E-state index contributed by atoms with van der Waals surface area (Å²) in [5, 5.41) is 3.26. The Morgan fingerprint density at radius 1 is 1.57 bits per heavy atom. The predicted molar refractivity (Wildman–Crippen MR) is 57.4 cm³/mol. The van der Waals surface area contributed by atoms with E-state index in [1.54, 1.807) is 11.3 Å². The number of aromatic nitrogens is 1. The number of hydrogen-bond acceptors (Lipinski definition) is 4. The molecule has 0 spiro atoms. The van der Waals surface area contributed by atoms with E-state index in [2.05, 4.69) is 10.4 Å². The Morgan fingerprint density at radius 3 is 3.07 bits per heavy atom. The summed E-state index contributed by atoms with van der Waals surface area (Å²) < 4.78 is 5.34. The topological polar surface area (TPSA) is 48.1 Å². The van der Waals surface area contributed by atoms with E-state index in [-0.39, 0.29) is 0 Å². The second kappa shape index (κ2) is 4.87. The Hall–Kier alpha value is -0.450. The quantitative estimate of drug-likeness (QED) is 0.758. The minimum absolute atomic E-state index is 0.584. The minimum Gasteiger partial charge on any atom is -0.373 e. The van der Waals surface area contributed by atoms with Gasteiger partial charge in [-0.2, -0.15) is 0 Å². The number of thiazole rings is 1. The fraction of sp³-hybridized carbons (Fsp3) is 0.700. The third-order valence-electron chi connectivity index (χ3n) is 2.58. The van der Waals surface area contributed by atoms with Crippen molar-refractivity contribution in [1.29, 1.82) is 0 Å². The maximum Gasteiger partial charge on any atom is 0.119 e. The van der Waals surface area contributed by atoms with Crippen molar-refractivity contribution in [2.24, 2.45) is 5.73 Å². The summed E-state index contributed by atoms with van der Waals surface area (Å²) >= 11 is 1.70. The van der Waals surface area contributed by atoms with E-state index in [0.717, 1.165) is 10.9 Å². The molecule has 1 heterocycles. The molecule has 78 valence electrons. The van der Waals surface area contributed by atoms with Crippen LogP contribution in [0.5, 0.6) is 0 Å². The summed E-state index contributed by atoms with van der Waals surface area (Å²) in [5.74, 6) is 0.731. The first-order valence-electron chi connectivity index (χ1n) is 5.12. The Bertz CT molecular complexity index is 283. The second-order valence-electron chi connectivity index (χ2n) is 3.64. The number of ether oxygens (including phenoxy) is 1. The maximum atomic E-state index is 5.34. The van der Waals surface area contributed by atoms with Crippen LogP contribution in [0, 0.1) is 0 Å². The molecule has 1 saturated carbocycles. The first-order chi connectivity index (χ1) is 6.90. The van der Waals surface area contributed by atoms with Crippen LogP contribution in [0.15, 0.2) is 5.38 Å². The molecule has 0 saturated heterocycles. The van der Waals surface area contributed by atoms with Gasteiger partial charge in [-0.3, -0.25) is 0 Å². The van der Waals surface area contributed by atoms with Crippen LogP contribution < -0.4 is 5.73 Å². The van der Waals surface area contributed by atoms with Crippen LogP contribution in [0.4, 0.5) is 0 Å². The first-order valence-corrected chi connectivity index (χ1v) is 6.00. The van der Waals surface area contributed by atoms with Gasteiger partial charge in [0.25, 0.3) is 0 Å². The van der Waals surface area contributed by atoms with Gasteiger partial charge in [0.1, 0.15) is 5.01 Å². The monoisotopic (exact) mass is 212 g/mol. The molecule has 0 aromatic carbocycles. The summed E-state index contributed by atoms with van der Waals surface area (Å²) in [5.41, 5.74) is 6.61. The number of nitrogens with two attached hydrogens (primary N) is 1. The third kappa shape index (κ3) is 2.32. The molecule has 1 aliphatic rings. The van der Waals surface area contributed by atoms with Crippen LogP contribution in [0.2, 0.25) is 0 Å². The Labute approximate surface area is 88.3 Å². The molecule has 1 fully saturated rings. The molecule has 4 heteroatoms. The summed E-state index contributed by atoms with van der Waals surface area (Å²) in [4.78, 5) is 4.56. The van der Waals surface area contributed by atoms with Crippen molar-refractivity contribution in [1.82, 2.24) is 4.98 Å². The van der Waals surface area contributed by atoms with Gasteiger partial charge in [0.15, 0.2) is 0 Å². The molecule has 0 bridgehead atoms. The summed E-state index contributed by atoms with van der Waals surface area (Å²) in [6, 6.07) is 0. The smallest absolute Gasteiger partial charge is 0.119 e. The van der Waals surface area contributed by atoms with Gasteiger partial charge in [-0.25, -0.2) is 4.98 Å². The van der Waals surface area contributed by atoms with E-state index < -0.39 is 0 Å². The van der Waals surface area contributed by atoms with Crippen molar-refractivity contribution in [3.05, 3.63) is 16.1 Å². The van der Waals surface area contributed by atoms with Crippen molar-refractivity contribution in [3.8, 4) is 0 Å². The highest BCUT2D eigenvalue weighted by molar-refractivity contribution is 7.09. The zero-order valence-electron chi connectivity index (χ0n) is 8.24. The molecule has 0 aliphatic heterocycles. The molecule has 1 aromatic rings. The van der Waals surface area contributed by atoms with Crippen LogP contribution in [0.3, 0.4) is 0 Å². The van der Waals surface area contributed by atoms with Gasteiger partial charge < -0.3 is 10.5 Å². The SMILES string of the molecule is NCCOCc1nc(C2CCC2)cs1. The molecule has 0 atom stereocenters. The molecule has 0 amide bonds. The third-order valence-corrected chi connectivity index (χ3v) is 3.42. The minimum atomic E-state index is 0.584. The van der Waals surface area contributed by atoms with E-state index in [4.69, 9.17) is 10.5 Å². The average Bonchev–Trinajstić information content (AvgIpc) is 2.51. The largest absolute Gasteiger partial charge is 0.373 e. The van der Waals surface area contributed by atoms with E-state index >= 15 is 0 Å². The van der Waals surface area contributed by atoms with Gasteiger partial charge in [0.2, 0.25) is 0 Å². The van der Waals surface area contributed by atoms with E-state index in [0.29, 0.717) is 19.8 Å². The highest BCUT2D eigenvalue weighted by Crippen LogP contribution is 2.36. The normalized spacial score (nSPS) is 16.9. The Kier molecular flexibility index (Phi) is 3.50. The predicted octanol–water partition coefficient (Wildman–Crippen LogP) is 1.89. The Balaban J connectivity index is 1.83. The first kappa shape index (κ1) is 10.1.